The summed E-state index contributed by atoms with van der Waals surface area (Å²) in [6.07, 6.45) is 2.68. The van der Waals surface area contributed by atoms with E-state index < -0.39 is 0 Å². The topological polar surface area (TPSA) is 39.7 Å². The van der Waals surface area contributed by atoms with Crippen LogP contribution in [0, 0.1) is 12.8 Å². The molecule has 0 bridgehead atoms. The number of nitrogens with one attached hydrogen (secondary N) is 2. The monoisotopic (exact) mass is 450 g/mol. The first kappa shape index (κ1) is 20.7. The van der Waals surface area contributed by atoms with Crippen molar-refractivity contribution in [2.24, 2.45) is 10.9 Å². The Labute approximate surface area is 162 Å². The molecule has 2 heterocycles. The second-order valence-corrected chi connectivity index (χ2v) is 7.75. The number of guanidine groups is 1. The van der Waals surface area contributed by atoms with Crippen LogP contribution in [0.5, 0.6) is 0 Å². The van der Waals surface area contributed by atoms with E-state index in [1.54, 1.807) is 0 Å². The van der Waals surface area contributed by atoms with E-state index in [1.807, 2.05) is 18.4 Å². The van der Waals surface area contributed by atoms with Crippen molar-refractivity contribution in [3.63, 3.8) is 0 Å². The van der Waals surface area contributed by atoms with Crippen LogP contribution >= 0.6 is 35.3 Å². The van der Waals surface area contributed by atoms with Gasteiger partial charge in [-0.2, -0.15) is 0 Å². The Balaban J connectivity index is 0.00000264. The molecule has 1 aromatic heterocycles. The molecule has 1 saturated heterocycles. The van der Waals surface area contributed by atoms with E-state index in [0.717, 1.165) is 19.0 Å². The van der Waals surface area contributed by atoms with E-state index in [4.69, 9.17) is 0 Å². The number of nitrogens with zero attached hydrogens (tertiary/aromatic N) is 2. The zero-order valence-corrected chi connectivity index (χ0v) is 17.9. The lowest BCUT2D eigenvalue weighted by Gasteiger charge is -2.31. The molecule has 0 saturated carbocycles. The third-order valence-electron chi connectivity index (χ3n) is 4.31. The van der Waals surface area contributed by atoms with Gasteiger partial charge < -0.3 is 10.6 Å². The summed E-state index contributed by atoms with van der Waals surface area (Å²) in [5.74, 6) is 1.56. The molecule has 23 heavy (non-hydrogen) atoms. The van der Waals surface area contributed by atoms with Crippen molar-refractivity contribution in [3.8, 4) is 0 Å². The standard InChI is InChI=1S/C17H30N4S.HI/c1-13(2)16(21-9-5-6-10-21)12-20-17(18-4)19-11-15-8-7-14(3)22-15;/h7-8,13,16H,5-6,9-12H2,1-4H3,(H2,18,19,20);1H. The van der Waals surface area contributed by atoms with Crippen LogP contribution in [0.2, 0.25) is 0 Å². The fourth-order valence-corrected chi connectivity index (χ4v) is 3.86. The number of likely N-dealkylation sites (tertiary alicyclic amines) is 1. The lowest BCUT2D eigenvalue weighted by Crippen LogP contribution is -2.48. The Morgan fingerprint density at radius 1 is 1.26 bits per heavy atom. The summed E-state index contributed by atoms with van der Waals surface area (Å²) in [6.45, 7) is 11.1. The van der Waals surface area contributed by atoms with E-state index in [1.165, 1.54) is 35.7 Å². The summed E-state index contributed by atoms with van der Waals surface area (Å²) >= 11 is 1.84. The largest absolute Gasteiger partial charge is 0.355 e. The molecule has 1 unspecified atom stereocenters. The van der Waals surface area contributed by atoms with E-state index in [-0.39, 0.29) is 24.0 Å². The Bertz CT molecular complexity index is 481. The lowest BCUT2D eigenvalue weighted by atomic mass is 10.0. The fourth-order valence-electron chi connectivity index (χ4n) is 3.03. The number of hydrogen-bond acceptors (Lipinski definition) is 3. The number of rotatable bonds is 6. The lowest BCUT2D eigenvalue weighted by molar-refractivity contribution is 0.192. The number of halogens is 1. The summed E-state index contributed by atoms with van der Waals surface area (Å²) in [7, 11) is 1.84. The highest BCUT2D eigenvalue weighted by molar-refractivity contribution is 14.0. The Hall–Kier alpha value is -0.340. The minimum absolute atomic E-state index is 0. The quantitative estimate of drug-likeness (QED) is 0.396. The molecule has 1 aromatic rings. The molecule has 2 N–H and O–H groups in total. The highest BCUT2D eigenvalue weighted by Gasteiger charge is 2.24. The molecule has 0 amide bonds. The van der Waals surface area contributed by atoms with Crippen LogP contribution in [0.15, 0.2) is 17.1 Å². The molecule has 1 aliphatic rings. The minimum atomic E-state index is 0. The molecule has 1 fully saturated rings. The molecular weight excluding hydrogens is 419 g/mol. The molecule has 0 aromatic carbocycles. The van der Waals surface area contributed by atoms with Gasteiger partial charge in [-0.15, -0.1) is 35.3 Å². The maximum atomic E-state index is 4.35. The van der Waals surface area contributed by atoms with Gasteiger partial charge in [-0.05, 0) is 50.9 Å². The molecule has 0 radical (unpaired) electrons. The Kier molecular flexibility index (Phi) is 9.46. The smallest absolute Gasteiger partial charge is 0.191 e. The molecule has 0 aliphatic carbocycles. The van der Waals surface area contributed by atoms with Crippen molar-refractivity contribution in [1.29, 1.82) is 0 Å². The summed E-state index contributed by atoms with van der Waals surface area (Å²) in [5, 5.41) is 6.92. The first-order chi connectivity index (χ1) is 10.6. The average molecular weight is 450 g/mol. The van der Waals surface area contributed by atoms with Crippen molar-refractivity contribution in [3.05, 3.63) is 21.9 Å². The summed E-state index contributed by atoms with van der Waals surface area (Å²) in [6, 6.07) is 4.94. The minimum Gasteiger partial charge on any atom is -0.355 e. The van der Waals surface area contributed by atoms with Crippen LogP contribution in [0.3, 0.4) is 0 Å². The fraction of sp³-hybridized carbons (Fsp3) is 0.706. The third-order valence-corrected chi connectivity index (χ3v) is 5.31. The molecule has 6 heteroatoms. The molecule has 2 rings (SSSR count). The van der Waals surface area contributed by atoms with Crippen molar-refractivity contribution < 1.29 is 0 Å². The van der Waals surface area contributed by atoms with Crippen molar-refractivity contribution in [2.45, 2.75) is 46.2 Å². The maximum Gasteiger partial charge on any atom is 0.191 e. The van der Waals surface area contributed by atoms with Gasteiger partial charge in [0.05, 0.1) is 6.54 Å². The highest BCUT2D eigenvalue weighted by Crippen LogP contribution is 2.17. The molecule has 1 atom stereocenters. The van der Waals surface area contributed by atoms with Gasteiger partial charge >= 0.3 is 0 Å². The highest BCUT2D eigenvalue weighted by atomic mass is 127. The van der Waals surface area contributed by atoms with Gasteiger partial charge in [0.2, 0.25) is 0 Å². The number of aliphatic imine (C=N–C) groups is 1. The first-order valence-corrected chi connectivity index (χ1v) is 9.15. The van der Waals surface area contributed by atoms with Crippen LogP contribution in [0.1, 0.15) is 36.4 Å². The average Bonchev–Trinajstić information content (AvgIpc) is 3.14. The van der Waals surface area contributed by atoms with Gasteiger partial charge in [0.25, 0.3) is 0 Å². The van der Waals surface area contributed by atoms with E-state index in [2.05, 4.69) is 53.4 Å². The number of thiophene rings is 1. The van der Waals surface area contributed by atoms with Gasteiger partial charge in [-0.25, -0.2) is 0 Å². The van der Waals surface area contributed by atoms with Crippen molar-refractivity contribution >= 4 is 41.3 Å². The zero-order valence-electron chi connectivity index (χ0n) is 14.8. The maximum absolute atomic E-state index is 4.35. The van der Waals surface area contributed by atoms with Gasteiger partial charge in [-0.3, -0.25) is 9.89 Å². The Morgan fingerprint density at radius 3 is 2.48 bits per heavy atom. The first-order valence-electron chi connectivity index (χ1n) is 8.34. The van der Waals surface area contributed by atoms with Crippen LogP contribution in [-0.4, -0.2) is 43.6 Å². The van der Waals surface area contributed by atoms with Crippen LogP contribution in [-0.2, 0) is 6.54 Å². The summed E-state index contributed by atoms with van der Waals surface area (Å²) < 4.78 is 0. The van der Waals surface area contributed by atoms with E-state index >= 15 is 0 Å². The molecule has 1 aliphatic heterocycles. The van der Waals surface area contributed by atoms with Gasteiger partial charge in [0.1, 0.15) is 0 Å². The second-order valence-electron chi connectivity index (χ2n) is 6.37. The molecule has 4 nitrogen and oxygen atoms in total. The van der Waals surface area contributed by atoms with E-state index in [0.29, 0.717) is 12.0 Å². The zero-order chi connectivity index (χ0) is 15.9. The summed E-state index contributed by atoms with van der Waals surface area (Å²) in [5.41, 5.74) is 0. The van der Waals surface area contributed by atoms with Crippen LogP contribution < -0.4 is 10.6 Å². The van der Waals surface area contributed by atoms with Gasteiger partial charge in [0, 0.05) is 29.4 Å². The predicted molar refractivity (Wildman–Crippen MR) is 112 cm³/mol. The predicted octanol–water partition coefficient (Wildman–Crippen LogP) is 3.46. The SMILES string of the molecule is CN=C(NCc1ccc(C)s1)NCC(C(C)C)N1CCCC1.I. The normalized spacial score (nSPS) is 17.2. The van der Waals surface area contributed by atoms with Crippen molar-refractivity contribution in [2.75, 3.05) is 26.7 Å². The number of hydrogen-bond donors (Lipinski definition) is 2. The summed E-state index contributed by atoms with van der Waals surface area (Å²) in [4.78, 5) is 9.67. The molecule has 0 spiro atoms. The Morgan fingerprint density at radius 2 is 1.96 bits per heavy atom. The van der Waals surface area contributed by atoms with Crippen molar-refractivity contribution in [1.82, 2.24) is 15.5 Å². The third kappa shape index (κ3) is 6.58. The second kappa shape index (κ2) is 10.5. The van der Waals surface area contributed by atoms with Gasteiger partial charge in [0.15, 0.2) is 5.96 Å². The molecular formula is C17H31IN4S. The number of aryl methyl sites for hydroxylation is 1. The van der Waals surface area contributed by atoms with Gasteiger partial charge in [-0.1, -0.05) is 13.8 Å². The van der Waals surface area contributed by atoms with E-state index in [9.17, 15) is 0 Å². The molecule has 132 valence electrons. The van der Waals surface area contributed by atoms with Crippen LogP contribution in [0.4, 0.5) is 0 Å². The van der Waals surface area contributed by atoms with Crippen LogP contribution in [0.25, 0.3) is 0 Å².